The van der Waals surface area contributed by atoms with Crippen LogP contribution in [0.25, 0.3) is 0 Å². The van der Waals surface area contributed by atoms with Crippen LogP contribution in [0.3, 0.4) is 0 Å². The molecule has 0 saturated heterocycles. The summed E-state index contributed by atoms with van der Waals surface area (Å²) in [5.74, 6) is 1.98. The highest BCUT2D eigenvalue weighted by Crippen LogP contribution is 2.35. The third kappa shape index (κ3) is 3.72. The molecule has 1 aliphatic carbocycles. The van der Waals surface area contributed by atoms with Crippen molar-refractivity contribution in [2.45, 2.75) is 52.7 Å². The summed E-state index contributed by atoms with van der Waals surface area (Å²) in [5, 5.41) is 3.06. The average molecular weight is 266 g/mol. The van der Waals surface area contributed by atoms with Gasteiger partial charge in [0, 0.05) is 6.54 Å². The van der Waals surface area contributed by atoms with Crippen LogP contribution in [0.1, 0.15) is 45.7 Å². The standard InChI is InChI=1S/C15H26N2O2/c1-10(2)13-6-5-11(3)7-14(13)19-15-17-12(8-16-4)9-18-15/h9-11,13-14,16H,5-8H2,1-4H3. The maximum atomic E-state index is 6.02. The molecule has 1 saturated carbocycles. The lowest BCUT2D eigenvalue weighted by Gasteiger charge is -2.36. The number of oxazole rings is 1. The van der Waals surface area contributed by atoms with Crippen LogP contribution in [0.2, 0.25) is 0 Å². The van der Waals surface area contributed by atoms with Crippen LogP contribution in [-0.2, 0) is 6.54 Å². The van der Waals surface area contributed by atoms with Gasteiger partial charge in [-0.05, 0) is 37.6 Å². The zero-order valence-electron chi connectivity index (χ0n) is 12.5. The molecular weight excluding hydrogens is 240 g/mol. The number of nitrogens with zero attached hydrogens (tertiary/aromatic N) is 1. The Hall–Kier alpha value is -1.03. The van der Waals surface area contributed by atoms with E-state index in [1.54, 1.807) is 6.26 Å². The Labute approximate surface area is 115 Å². The van der Waals surface area contributed by atoms with Gasteiger partial charge in [0.15, 0.2) is 0 Å². The number of ether oxygens (including phenoxy) is 1. The highest BCUT2D eigenvalue weighted by Gasteiger charge is 2.33. The number of aromatic nitrogens is 1. The molecule has 4 heteroatoms. The minimum absolute atomic E-state index is 0.241. The molecule has 1 aromatic heterocycles. The van der Waals surface area contributed by atoms with Crippen molar-refractivity contribution in [3.8, 4) is 6.08 Å². The third-order valence-electron chi connectivity index (χ3n) is 4.10. The molecule has 1 N–H and O–H groups in total. The fourth-order valence-electron chi connectivity index (χ4n) is 2.98. The van der Waals surface area contributed by atoms with Crippen LogP contribution in [0.5, 0.6) is 6.08 Å². The molecular formula is C15H26N2O2. The van der Waals surface area contributed by atoms with Gasteiger partial charge in [-0.2, -0.15) is 4.98 Å². The van der Waals surface area contributed by atoms with Crippen molar-refractivity contribution in [2.24, 2.45) is 17.8 Å². The first-order valence-electron chi connectivity index (χ1n) is 7.35. The van der Waals surface area contributed by atoms with Crippen LogP contribution >= 0.6 is 0 Å². The van der Waals surface area contributed by atoms with E-state index in [1.807, 2.05) is 7.05 Å². The second kappa shape index (κ2) is 6.42. The van der Waals surface area contributed by atoms with Crippen molar-refractivity contribution in [3.05, 3.63) is 12.0 Å². The molecule has 0 aliphatic heterocycles. The van der Waals surface area contributed by atoms with Gasteiger partial charge in [-0.1, -0.05) is 27.2 Å². The van der Waals surface area contributed by atoms with Gasteiger partial charge in [-0.25, -0.2) is 0 Å². The smallest absolute Gasteiger partial charge is 0.394 e. The second-order valence-electron chi connectivity index (χ2n) is 6.12. The fourth-order valence-corrected chi connectivity index (χ4v) is 2.98. The van der Waals surface area contributed by atoms with Gasteiger partial charge in [-0.15, -0.1) is 0 Å². The quantitative estimate of drug-likeness (QED) is 0.889. The lowest BCUT2D eigenvalue weighted by Crippen LogP contribution is -2.36. The molecule has 1 aromatic rings. The summed E-state index contributed by atoms with van der Waals surface area (Å²) in [7, 11) is 1.90. The summed E-state index contributed by atoms with van der Waals surface area (Å²) in [6.07, 6.45) is 5.99. The highest BCUT2D eigenvalue weighted by molar-refractivity contribution is 5.00. The lowest BCUT2D eigenvalue weighted by atomic mass is 9.75. The maximum absolute atomic E-state index is 6.02. The molecule has 0 bridgehead atoms. The molecule has 0 amide bonds. The van der Waals surface area contributed by atoms with Crippen molar-refractivity contribution in [3.63, 3.8) is 0 Å². The average Bonchev–Trinajstić information content (AvgIpc) is 2.77. The van der Waals surface area contributed by atoms with Gasteiger partial charge in [-0.3, -0.25) is 0 Å². The summed E-state index contributed by atoms with van der Waals surface area (Å²) >= 11 is 0. The number of rotatable bonds is 5. The van der Waals surface area contributed by atoms with E-state index in [0.717, 1.165) is 18.0 Å². The molecule has 0 radical (unpaired) electrons. The Balaban J connectivity index is 2.01. The molecule has 108 valence electrons. The molecule has 0 spiro atoms. The Kier molecular flexibility index (Phi) is 4.86. The summed E-state index contributed by atoms with van der Waals surface area (Å²) < 4.78 is 11.4. The maximum Gasteiger partial charge on any atom is 0.394 e. The van der Waals surface area contributed by atoms with E-state index in [-0.39, 0.29) is 6.10 Å². The van der Waals surface area contributed by atoms with E-state index in [1.165, 1.54) is 12.8 Å². The van der Waals surface area contributed by atoms with E-state index in [2.05, 4.69) is 31.1 Å². The van der Waals surface area contributed by atoms with Crippen molar-refractivity contribution in [1.29, 1.82) is 0 Å². The van der Waals surface area contributed by atoms with Crippen molar-refractivity contribution in [2.75, 3.05) is 7.05 Å². The number of hydrogen-bond acceptors (Lipinski definition) is 4. The van der Waals surface area contributed by atoms with E-state index in [9.17, 15) is 0 Å². The molecule has 2 rings (SSSR count). The summed E-state index contributed by atoms with van der Waals surface area (Å²) in [6.45, 7) is 7.56. The molecule has 1 heterocycles. The molecule has 3 unspecified atom stereocenters. The van der Waals surface area contributed by atoms with Gasteiger partial charge in [0.1, 0.15) is 12.4 Å². The third-order valence-corrected chi connectivity index (χ3v) is 4.10. The first-order chi connectivity index (χ1) is 9.10. The van der Waals surface area contributed by atoms with E-state index < -0.39 is 0 Å². The van der Waals surface area contributed by atoms with Gasteiger partial charge in [0.25, 0.3) is 0 Å². The Bertz CT molecular complexity index is 389. The number of hydrogen-bond donors (Lipinski definition) is 1. The highest BCUT2D eigenvalue weighted by atomic mass is 16.6. The zero-order valence-corrected chi connectivity index (χ0v) is 12.5. The van der Waals surface area contributed by atoms with E-state index >= 15 is 0 Å². The van der Waals surface area contributed by atoms with Crippen LogP contribution in [0, 0.1) is 17.8 Å². The molecule has 0 aromatic carbocycles. The van der Waals surface area contributed by atoms with Crippen LogP contribution in [-0.4, -0.2) is 18.1 Å². The SMILES string of the molecule is CNCc1coc(OC2CC(C)CCC2C(C)C)n1. The second-order valence-corrected chi connectivity index (χ2v) is 6.12. The van der Waals surface area contributed by atoms with E-state index in [4.69, 9.17) is 9.15 Å². The molecule has 19 heavy (non-hydrogen) atoms. The lowest BCUT2D eigenvalue weighted by molar-refractivity contribution is 0.0245. The predicted molar refractivity (Wildman–Crippen MR) is 75.0 cm³/mol. The predicted octanol–water partition coefficient (Wildman–Crippen LogP) is 3.23. The minimum Gasteiger partial charge on any atom is -0.447 e. The fraction of sp³-hybridized carbons (Fsp3) is 0.800. The van der Waals surface area contributed by atoms with E-state index in [0.29, 0.717) is 24.5 Å². The first-order valence-corrected chi connectivity index (χ1v) is 7.35. The van der Waals surface area contributed by atoms with Crippen molar-refractivity contribution >= 4 is 0 Å². The van der Waals surface area contributed by atoms with Gasteiger partial charge in [0.2, 0.25) is 0 Å². The molecule has 1 fully saturated rings. The van der Waals surface area contributed by atoms with Gasteiger partial charge in [0.05, 0.1) is 5.69 Å². The van der Waals surface area contributed by atoms with Crippen molar-refractivity contribution < 1.29 is 9.15 Å². The monoisotopic (exact) mass is 266 g/mol. The number of nitrogens with one attached hydrogen (secondary N) is 1. The van der Waals surface area contributed by atoms with Crippen LogP contribution < -0.4 is 10.1 Å². The zero-order chi connectivity index (χ0) is 13.8. The molecule has 4 nitrogen and oxygen atoms in total. The normalized spacial score (nSPS) is 27.7. The van der Waals surface area contributed by atoms with Gasteiger partial charge < -0.3 is 14.5 Å². The summed E-state index contributed by atoms with van der Waals surface area (Å²) in [4.78, 5) is 4.36. The van der Waals surface area contributed by atoms with Gasteiger partial charge >= 0.3 is 6.08 Å². The van der Waals surface area contributed by atoms with Crippen LogP contribution in [0.15, 0.2) is 10.7 Å². The topological polar surface area (TPSA) is 47.3 Å². The summed E-state index contributed by atoms with van der Waals surface area (Å²) in [5.41, 5.74) is 0.891. The minimum atomic E-state index is 0.241. The largest absolute Gasteiger partial charge is 0.447 e. The Morgan fingerprint density at radius 3 is 2.95 bits per heavy atom. The van der Waals surface area contributed by atoms with Crippen molar-refractivity contribution in [1.82, 2.24) is 10.3 Å². The Morgan fingerprint density at radius 1 is 1.47 bits per heavy atom. The molecule has 3 atom stereocenters. The Morgan fingerprint density at radius 2 is 2.26 bits per heavy atom. The van der Waals surface area contributed by atoms with Crippen LogP contribution in [0.4, 0.5) is 0 Å². The first kappa shape index (κ1) is 14.4. The summed E-state index contributed by atoms with van der Waals surface area (Å²) in [6, 6.07) is 0. The molecule has 1 aliphatic rings.